The number of carbonyl (C=O) groups excluding carboxylic acids is 1. The second-order valence-electron chi connectivity index (χ2n) is 7.77. The van der Waals surface area contributed by atoms with Gasteiger partial charge in [0, 0.05) is 24.7 Å². The lowest BCUT2D eigenvalue weighted by atomic mass is 10.0. The Hall–Kier alpha value is -3.09. The van der Waals surface area contributed by atoms with Crippen molar-refractivity contribution in [3.8, 4) is 11.8 Å². The zero-order valence-corrected chi connectivity index (χ0v) is 20.9. The highest BCUT2D eigenvalue weighted by atomic mass is 32.2. The summed E-state index contributed by atoms with van der Waals surface area (Å²) in [6, 6.07) is 9.58. The van der Waals surface area contributed by atoms with Crippen molar-refractivity contribution in [3.63, 3.8) is 0 Å². The fraction of sp³-hybridized carbons (Fsp3) is 0.333. The number of ether oxygens (including phenoxy) is 1. The van der Waals surface area contributed by atoms with E-state index in [1.54, 1.807) is 25.0 Å². The minimum atomic E-state index is -0.360. The molecule has 7 nitrogen and oxygen atoms in total. The highest BCUT2D eigenvalue weighted by Gasteiger charge is 2.34. The summed E-state index contributed by atoms with van der Waals surface area (Å²) >= 11 is 6.63. The monoisotopic (exact) mass is 482 g/mol. The maximum atomic E-state index is 13.0. The molecule has 0 unspecified atom stereocenters. The Morgan fingerprint density at radius 2 is 1.94 bits per heavy atom. The van der Waals surface area contributed by atoms with Crippen molar-refractivity contribution in [2.75, 3.05) is 12.4 Å². The average molecular weight is 483 g/mol. The molecule has 0 radical (unpaired) electrons. The number of nitrogens with zero attached hydrogens (tertiary/aromatic N) is 3. The van der Waals surface area contributed by atoms with E-state index in [0.29, 0.717) is 39.3 Å². The summed E-state index contributed by atoms with van der Waals surface area (Å²) in [6.45, 7) is 8.21. The van der Waals surface area contributed by atoms with E-state index >= 15 is 0 Å². The Morgan fingerprint density at radius 1 is 1.27 bits per heavy atom. The number of amides is 1. The van der Waals surface area contributed by atoms with Crippen LogP contribution >= 0.6 is 24.0 Å². The van der Waals surface area contributed by atoms with Gasteiger partial charge in [-0.1, -0.05) is 36.1 Å². The van der Waals surface area contributed by atoms with Crippen LogP contribution < -0.4 is 15.6 Å². The fourth-order valence-corrected chi connectivity index (χ4v) is 5.15. The van der Waals surface area contributed by atoms with Crippen LogP contribution in [0.5, 0.6) is 5.75 Å². The van der Waals surface area contributed by atoms with Crippen LogP contribution in [0.2, 0.25) is 0 Å². The second kappa shape index (κ2) is 10.2. The first-order valence-corrected chi connectivity index (χ1v) is 11.8. The molecule has 0 saturated carbocycles. The number of nitriles is 1. The van der Waals surface area contributed by atoms with E-state index in [1.807, 2.05) is 51.1 Å². The number of methoxy groups -OCH3 is 1. The molecule has 3 rings (SSSR count). The number of aromatic nitrogens is 1. The molecule has 172 valence electrons. The highest BCUT2D eigenvalue weighted by Crippen LogP contribution is 2.36. The molecule has 1 amide bonds. The first kappa shape index (κ1) is 24.6. The number of nitrogens with one attached hydrogen (secondary N) is 1. The molecule has 33 heavy (non-hydrogen) atoms. The van der Waals surface area contributed by atoms with Crippen molar-refractivity contribution in [2.45, 2.75) is 46.8 Å². The van der Waals surface area contributed by atoms with Gasteiger partial charge < -0.3 is 10.1 Å². The SMILES string of the molecule is CCn1c(NCc2ccc(OC)cc2)c(/C=C2/SC(=S)N(C(C)C)C2=O)c(C)c(C#N)c1=O. The third-order valence-corrected chi connectivity index (χ3v) is 6.76. The van der Waals surface area contributed by atoms with E-state index in [9.17, 15) is 14.9 Å². The molecule has 0 spiro atoms. The molecule has 1 aliphatic rings. The van der Waals surface area contributed by atoms with Crippen molar-refractivity contribution in [1.29, 1.82) is 5.26 Å². The van der Waals surface area contributed by atoms with E-state index < -0.39 is 0 Å². The topological polar surface area (TPSA) is 87.4 Å². The van der Waals surface area contributed by atoms with Crippen molar-refractivity contribution in [3.05, 3.63) is 61.8 Å². The number of thioether (sulfide) groups is 1. The van der Waals surface area contributed by atoms with Gasteiger partial charge in [0.2, 0.25) is 0 Å². The molecule has 1 N–H and O–H groups in total. The van der Waals surface area contributed by atoms with Gasteiger partial charge in [0.25, 0.3) is 11.5 Å². The van der Waals surface area contributed by atoms with E-state index in [-0.39, 0.29) is 23.1 Å². The second-order valence-corrected chi connectivity index (χ2v) is 9.45. The van der Waals surface area contributed by atoms with Crippen molar-refractivity contribution >= 4 is 46.1 Å². The van der Waals surface area contributed by atoms with E-state index in [0.717, 1.165) is 11.3 Å². The molecule has 1 aliphatic heterocycles. The van der Waals surface area contributed by atoms with Crippen LogP contribution in [0.4, 0.5) is 5.82 Å². The fourth-order valence-electron chi connectivity index (χ4n) is 3.64. The van der Waals surface area contributed by atoms with E-state index in [2.05, 4.69) is 5.32 Å². The number of hydrogen-bond acceptors (Lipinski definition) is 7. The number of thiocarbonyl (C=S) groups is 1. The lowest BCUT2D eigenvalue weighted by Gasteiger charge is -2.20. The van der Waals surface area contributed by atoms with Crippen LogP contribution in [0.15, 0.2) is 34.0 Å². The molecule has 1 fully saturated rings. The third-order valence-electron chi connectivity index (χ3n) is 5.43. The zero-order valence-electron chi connectivity index (χ0n) is 19.3. The molecule has 1 aromatic carbocycles. The third kappa shape index (κ3) is 4.82. The maximum absolute atomic E-state index is 13.0. The van der Waals surface area contributed by atoms with Crippen LogP contribution in [-0.4, -0.2) is 32.8 Å². The number of hydrogen-bond donors (Lipinski definition) is 1. The summed E-state index contributed by atoms with van der Waals surface area (Å²) in [7, 11) is 1.61. The van der Waals surface area contributed by atoms with Gasteiger partial charge in [-0.3, -0.25) is 19.1 Å². The molecule has 0 aliphatic carbocycles. The van der Waals surface area contributed by atoms with E-state index in [1.165, 1.54) is 16.3 Å². The van der Waals surface area contributed by atoms with Gasteiger partial charge in [0.05, 0.1) is 12.0 Å². The molecule has 1 saturated heterocycles. The number of benzene rings is 1. The molecule has 2 aromatic rings. The number of rotatable bonds is 7. The van der Waals surface area contributed by atoms with Crippen LogP contribution in [0.25, 0.3) is 6.08 Å². The molecule has 0 atom stereocenters. The minimum Gasteiger partial charge on any atom is -0.497 e. The Bertz CT molecular complexity index is 1220. The van der Waals surface area contributed by atoms with Gasteiger partial charge in [-0.25, -0.2) is 0 Å². The Morgan fingerprint density at radius 3 is 2.45 bits per heavy atom. The normalized spacial score (nSPS) is 14.8. The summed E-state index contributed by atoms with van der Waals surface area (Å²) in [5.41, 5.74) is 1.86. The van der Waals surface area contributed by atoms with Crippen LogP contribution in [0, 0.1) is 18.3 Å². The molecule has 2 heterocycles. The number of anilines is 1. The van der Waals surface area contributed by atoms with E-state index in [4.69, 9.17) is 17.0 Å². The summed E-state index contributed by atoms with van der Waals surface area (Å²) in [4.78, 5) is 28.0. The summed E-state index contributed by atoms with van der Waals surface area (Å²) < 4.78 is 7.24. The lowest BCUT2D eigenvalue weighted by Crippen LogP contribution is -2.34. The van der Waals surface area contributed by atoms with Gasteiger partial charge >= 0.3 is 0 Å². The van der Waals surface area contributed by atoms with Gasteiger partial charge in [-0.2, -0.15) is 5.26 Å². The summed E-state index contributed by atoms with van der Waals surface area (Å²) in [5.74, 6) is 1.14. The van der Waals surface area contributed by atoms with Gasteiger partial charge in [0.15, 0.2) is 0 Å². The van der Waals surface area contributed by atoms with Crippen molar-refractivity contribution in [2.24, 2.45) is 0 Å². The molecule has 0 bridgehead atoms. The minimum absolute atomic E-state index is 0.0589. The molecule has 9 heteroatoms. The van der Waals surface area contributed by atoms with Crippen molar-refractivity contribution in [1.82, 2.24) is 9.47 Å². The van der Waals surface area contributed by atoms with Gasteiger partial charge in [0.1, 0.15) is 27.5 Å². The molecular formula is C24H26N4O3S2. The lowest BCUT2D eigenvalue weighted by molar-refractivity contribution is -0.123. The summed E-state index contributed by atoms with van der Waals surface area (Å²) in [5, 5.41) is 13.0. The van der Waals surface area contributed by atoms with Crippen LogP contribution in [-0.2, 0) is 17.9 Å². The Balaban J connectivity index is 2.11. The number of carbonyl (C=O) groups is 1. The Labute approximate surface area is 203 Å². The first-order valence-electron chi connectivity index (χ1n) is 10.5. The first-order chi connectivity index (χ1) is 15.7. The standard InChI is InChI=1S/C24H26N4O3S2/c1-6-27-21(26-13-16-7-9-17(31-5)10-8-16)18(15(4)19(12-25)22(27)29)11-20-23(30)28(14(2)3)24(32)33-20/h7-11,14,26H,6,13H2,1-5H3/b20-11+. The number of pyridine rings is 1. The predicted octanol–water partition coefficient (Wildman–Crippen LogP) is 4.28. The zero-order chi connectivity index (χ0) is 24.3. The van der Waals surface area contributed by atoms with Crippen LogP contribution in [0.3, 0.4) is 0 Å². The quantitative estimate of drug-likeness (QED) is 0.466. The molecular weight excluding hydrogens is 456 g/mol. The summed E-state index contributed by atoms with van der Waals surface area (Å²) in [6.07, 6.45) is 1.74. The predicted molar refractivity (Wildman–Crippen MR) is 136 cm³/mol. The maximum Gasteiger partial charge on any atom is 0.270 e. The van der Waals surface area contributed by atoms with Crippen molar-refractivity contribution < 1.29 is 9.53 Å². The van der Waals surface area contributed by atoms with Gasteiger partial charge in [-0.05, 0) is 57.0 Å². The molecule has 1 aromatic heterocycles. The average Bonchev–Trinajstić information content (AvgIpc) is 3.08. The van der Waals surface area contributed by atoms with Gasteiger partial charge in [-0.15, -0.1) is 0 Å². The highest BCUT2D eigenvalue weighted by molar-refractivity contribution is 8.26. The smallest absolute Gasteiger partial charge is 0.270 e. The Kier molecular flexibility index (Phi) is 7.61. The largest absolute Gasteiger partial charge is 0.497 e. The van der Waals surface area contributed by atoms with Crippen LogP contribution in [0.1, 0.15) is 43.0 Å².